The molecule has 2 bridgehead atoms. The van der Waals surface area contributed by atoms with Crippen LogP contribution in [-0.4, -0.2) is 27.9 Å². The Kier molecular flexibility index (Phi) is 3.69. The van der Waals surface area contributed by atoms with E-state index in [1.165, 1.54) is 11.0 Å². The Labute approximate surface area is 177 Å². The number of carbonyl (C=O) groups is 3. The van der Waals surface area contributed by atoms with E-state index in [9.17, 15) is 19.5 Å². The topological polar surface area (TPSA) is 87.6 Å². The van der Waals surface area contributed by atoms with Gasteiger partial charge in [0.05, 0.1) is 34.3 Å². The first-order valence-electron chi connectivity index (χ1n) is 10.3. The van der Waals surface area contributed by atoms with Gasteiger partial charge >= 0.3 is 5.97 Å². The van der Waals surface area contributed by atoms with Crippen LogP contribution in [0.5, 0.6) is 0 Å². The van der Waals surface area contributed by atoms with Crippen molar-refractivity contribution in [2.24, 2.45) is 23.7 Å². The molecular weight excluding hydrogens is 392 g/mol. The molecule has 1 aromatic heterocycles. The van der Waals surface area contributed by atoms with Crippen LogP contribution >= 0.6 is 0 Å². The first kappa shape index (κ1) is 18.0. The molecule has 152 valence electrons. The summed E-state index contributed by atoms with van der Waals surface area (Å²) in [5.74, 6) is -1.52. The van der Waals surface area contributed by atoms with E-state index >= 15 is 0 Å². The number of aromatic nitrogens is 1. The van der Waals surface area contributed by atoms with Crippen LogP contribution in [0.25, 0.3) is 22.2 Å². The van der Waals surface area contributed by atoms with Crippen molar-refractivity contribution in [1.82, 2.24) is 4.98 Å². The lowest BCUT2D eigenvalue weighted by Gasteiger charge is -2.18. The molecule has 6 rings (SSSR count). The van der Waals surface area contributed by atoms with Crippen molar-refractivity contribution in [3.8, 4) is 11.3 Å². The second-order valence-electron chi connectivity index (χ2n) is 8.44. The molecule has 2 heterocycles. The number of para-hydroxylation sites is 1. The molecule has 3 aliphatic rings. The number of amides is 2. The van der Waals surface area contributed by atoms with Crippen LogP contribution in [0.2, 0.25) is 0 Å². The number of anilines is 1. The highest BCUT2D eigenvalue weighted by Gasteiger charge is 2.59. The maximum Gasteiger partial charge on any atom is 0.336 e. The highest BCUT2D eigenvalue weighted by molar-refractivity contribution is 6.23. The number of benzene rings is 2. The molecule has 1 N–H and O–H groups in total. The van der Waals surface area contributed by atoms with Gasteiger partial charge in [-0.2, -0.15) is 0 Å². The summed E-state index contributed by atoms with van der Waals surface area (Å²) in [6.45, 7) is 0. The largest absolute Gasteiger partial charge is 0.478 e. The zero-order valence-electron chi connectivity index (χ0n) is 16.4. The molecule has 1 aliphatic heterocycles. The van der Waals surface area contributed by atoms with Gasteiger partial charge < -0.3 is 5.11 Å². The van der Waals surface area contributed by atoms with E-state index in [2.05, 4.69) is 17.1 Å². The average molecular weight is 410 g/mol. The molecule has 2 aliphatic carbocycles. The van der Waals surface area contributed by atoms with Gasteiger partial charge in [-0.05, 0) is 42.5 Å². The van der Waals surface area contributed by atoms with Crippen LogP contribution in [-0.2, 0) is 9.59 Å². The Morgan fingerprint density at radius 3 is 2.35 bits per heavy atom. The van der Waals surface area contributed by atoms with Gasteiger partial charge in [-0.25, -0.2) is 14.7 Å². The number of carboxylic acids is 1. The number of rotatable bonds is 3. The fraction of sp³-hybridized carbons (Fsp3) is 0.200. The van der Waals surface area contributed by atoms with Crippen molar-refractivity contribution in [2.75, 3.05) is 4.90 Å². The molecule has 2 fully saturated rings. The Bertz CT molecular complexity index is 1300. The van der Waals surface area contributed by atoms with Crippen LogP contribution < -0.4 is 4.90 Å². The Hall–Kier alpha value is -3.80. The zero-order chi connectivity index (χ0) is 21.3. The van der Waals surface area contributed by atoms with E-state index in [-0.39, 0.29) is 41.0 Å². The number of nitrogens with zero attached hydrogens (tertiary/aromatic N) is 2. The number of pyridine rings is 1. The van der Waals surface area contributed by atoms with Crippen molar-refractivity contribution in [1.29, 1.82) is 0 Å². The molecule has 1 saturated heterocycles. The molecule has 6 nitrogen and oxygen atoms in total. The highest BCUT2D eigenvalue weighted by Crippen LogP contribution is 2.53. The third-order valence-corrected chi connectivity index (χ3v) is 6.82. The number of fused-ring (bicyclic) bond motifs is 6. The van der Waals surface area contributed by atoms with Gasteiger partial charge in [0.1, 0.15) is 0 Å². The highest BCUT2D eigenvalue weighted by atomic mass is 16.4. The molecule has 3 aromatic rings. The number of hydrogen-bond acceptors (Lipinski definition) is 4. The molecule has 2 amide bonds. The number of hydrogen-bond donors (Lipinski definition) is 1. The fourth-order valence-electron chi connectivity index (χ4n) is 5.46. The predicted octanol–water partition coefficient (Wildman–Crippen LogP) is 3.91. The van der Waals surface area contributed by atoms with E-state index in [1.54, 1.807) is 36.4 Å². The quantitative estimate of drug-likeness (QED) is 0.522. The number of carbonyl (C=O) groups excluding carboxylic acids is 2. The Balaban J connectivity index is 1.43. The van der Waals surface area contributed by atoms with Crippen LogP contribution in [0, 0.1) is 23.7 Å². The minimum Gasteiger partial charge on any atom is -0.478 e. The number of imide groups is 1. The van der Waals surface area contributed by atoms with E-state index in [0.717, 1.165) is 6.42 Å². The van der Waals surface area contributed by atoms with E-state index in [0.29, 0.717) is 27.8 Å². The lowest BCUT2D eigenvalue weighted by molar-refractivity contribution is -0.123. The van der Waals surface area contributed by atoms with E-state index in [1.807, 2.05) is 12.1 Å². The summed E-state index contributed by atoms with van der Waals surface area (Å²) < 4.78 is 0. The van der Waals surface area contributed by atoms with Crippen molar-refractivity contribution in [3.63, 3.8) is 0 Å². The van der Waals surface area contributed by atoms with Crippen LogP contribution in [0.1, 0.15) is 16.8 Å². The second-order valence-corrected chi connectivity index (χ2v) is 8.44. The molecule has 0 spiro atoms. The molecule has 31 heavy (non-hydrogen) atoms. The van der Waals surface area contributed by atoms with Gasteiger partial charge in [0.25, 0.3) is 0 Å². The minimum atomic E-state index is -1.03. The Morgan fingerprint density at radius 2 is 1.65 bits per heavy atom. The fourth-order valence-corrected chi connectivity index (χ4v) is 5.46. The van der Waals surface area contributed by atoms with Crippen LogP contribution in [0.4, 0.5) is 5.69 Å². The normalized spacial score (nSPS) is 26.1. The van der Waals surface area contributed by atoms with Gasteiger partial charge in [0, 0.05) is 10.9 Å². The maximum absolute atomic E-state index is 13.1. The third kappa shape index (κ3) is 2.51. The Morgan fingerprint density at radius 1 is 0.935 bits per heavy atom. The molecular formula is C25H18N2O4. The summed E-state index contributed by atoms with van der Waals surface area (Å²) in [7, 11) is 0. The smallest absolute Gasteiger partial charge is 0.336 e. The molecule has 2 aromatic carbocycles. The van der Waals surface area contributed by atoms with Gasteiger partial charge in [0.15, 0.2) is 0 Å². The molecule has 4 atom stereocenters. The third-order valence-electron chi connectivity index (χ3n) is 6.82. The van der Waals surface area contributed by atoms with E-state index in [4.69, 9.17) is 0 Å². The van der Waals surface area contributed by atoms with Crippen molar-refractivity contribution < 1.29 is 19.5 Å². The van der Waals surface area contributed by atoms with Crippen molar-refractivity contribution >= 4 is 34.4 Å². The lowest BCUT2D eigenvalue weighted by atomic mass is 9.85. The first-order valence-corrected chi connectivity index (χ1v) is 10.3. The molecule has 6 heteroatoms. The van der Waals surface area contributed by atoms with E-state index < -0.39 is 5.97 Å². The van der Waals surface area contributed by atoms with Gasteiger partial charge in [-0.3, -0.25) is 9.59 Å². The maximum atomic E-state index is 13.1. The number of allylic oxidation sites excluding steroid dienone is 2. The van der Waals surface area contributed by atoms with Gasteiger partial charge in [0.2, 0.25) is 11.8 Å². The molecule has 1 saturated carbocycles. The first-order chi connectivity index (χ1) is 15.0. The summed E-state index contributed by atoms with van der Waals surface area (Å²) >= 11 is 0. The van der Waals surface area contributed by atoms with Crippen LogP contribution in [0.3, 0.4) is 0 Å². The SMILES string of the molecule is O=C(O)c1cc(-c2cccc(N3C(=O)C4C5C=CC(C5)C4C3=O)c2)nc2ccccc12. The van der Waals surface area contributed by atoms with Crippen LogP contribution in [0.15, 0.2) is 66.7 Å². The number of carboxylic acid groups (broad SMARTS) is 1. The minimum absolute atomic E-state index is 0.137. The standard InChI is InChI=1S/C25H18N2O4/c28-23-21-14-8-9-15(10-14)22(21)24(29)27(23)16-5-3-4-13(11-16)20-12-18(25(30)31)17-6-1-2-7-19(17)26-20/h1-9,11-12,14-15,21-22H,10H2,(H,30,31). The van der Waals surface area contributed by atoms with Crippen molar-refractivity contribution in [3.05, 3.63) is 72.3 Å². The van der Waals surface area contributed by atoms with Gasteiger partial charge in [-0.15, -0.1) is 0 Å². The summed E-state index contributed by atoms with van der Waals surface area (Å²) in [6, 6.07) is 15.7. The van der Waals surface area contributed by atoms with Gasteiger partial charge in [-0.1, -0.05) is 42.5 Å². The zero-order valence-corrected chi connectivity index (χ0v) is 16.4. The molecule has 4 unspecified atom stereocenters. The predicted molar refractivity (Wildman–Crippen MR) is 114 cm³/mol. The lowest BCUT2D eigenvalue weighted by Crippen LogP contribution is -2.32. The number of aromatic carboxylic acids is 1. The summed E-state index contributed by atoms with van der Waals surface area (Å²) in [4.78, 5) is 44.0. The summed E-state index contributed by atoms with van der Waals surface area (Å²) in [5, 5.41) is 10.2. The summed E-state index contributed by atoms with van der Waals surface area (Å²) in [5.41, 5.74) is 2.39. The monoisotopic (exact) mass is 410 g/mol. The second kappa shape index (κ2) is 6.35. The van der Waals surface area contributed by atoms with Crippen molar-refractivity contribution in [2.45, 2.75) is 6.42 Å². The molecule has 0 radical (unpaired) electrons. The summed E-state index contributed by atoms with van der Waals surface area (Å²) in [6.07, 6.45) is 5.03. The average Bonchev–Trinajstić information content (AvgIpc) is 3.46.